The van der Waals surface area contributed by atoms with Crippen LogP contribution in [0.25, 0.3) is 0 Å². The summed E-state index contributed by atoms with van der Waals surface area (Å²) in [6.45, 7) is 3.62. The maximum absolute atomic E-state index is 13.4. The minimum Gasteiger partial charge on any atom is -0.478 e. The van der Waals surface area contributed by atoms with Crippen LogP contribution in [0.4, 0.5) is 8.78 Å². The SMILES string of the molecule is CC(C)N1CC(/C=C/C(=O)O)C(F)(F)C1. The average Bonchev–Trinajstić information content (AvgIpc) is 2.37. The Bertz CT molecular complexity index is 277. The zero-order valence-corrected chi connectivity index (χ0v) is 8.78. The maximum atomic E-state index is 13.4. The smallest absolute Gasteiger partial charge is 0.327 e. The Hall–Kier alpha value is -0.970. The summed E-state index contributed by atoms with van der Waals surface area (Å²) in [6, 6.07) is 0.0547. The largest absolute Gasteiger partial charge is 0.478 e. The first-order valence-corrected chi connectivity index (χ1v) is 4.86. The van der Waals surface area contributed by atoms with Gasteiger partial charge in [0, 0.05) is 18.7 Å². The van der Waals surface area contributed by atoms with Crippen molar-refractivity contribution in [3.8, 4) is 0 Å². The summed E-state index contributed by atoms with van der Waals surface area (Å²) in [4.78, 5) is 11.9. The highest BCUT2D eigenvalue weighted by molar-refractivity contribution is 5.79. The van der Waals surface area contributed by atoms with Crippen LogP contribution in [0.1, 0.15) is 13.8 Å². The fourth-order valence-corrected chi connectivity index (χ4v) is 1.63. The van der Waals surface area contributed by atoms with Crippen LogP contribution in [0, 0.1) is 5.92 Å². The van der Waals surface area contributed by atoms with Crippen LogP contribution in [0.2, 0.25) is 0 Å². The molecule has 1 saturated heterocycles. The predicted octanol–water partition coefficient (Wildman–Crippen LogP) is 1.60. The van der Waals surface area contributed by atoms with Crippen molar-refractivity contribution in [1.29, 1.82) is 0 Å². The first-order chi connectivity index (χ1) is 6.83. The van der Waals surface area contributed by atoms with Crippen molar-refractivity contribution in [3.05, 3.63) is 12.2 Å². The molecule has 1 aliphatic rings. The summed E-state index contributed by atoms with van der Waals surface area (Å²) in [6.07, 6.45) is 1.88. The first-order valence-electron chi connectivity index (χ1n) is 4.86. The molecule has 15 heavy (non-hydrogen) atoms. The molecule has 1 unspecified atom stereocenters. The third kappa shape index (κ3) is 2.99. The van der Waals surface area contributed by atoms with Crippen molar-refractivity contribution >= 4 is 5.97 Å². The molecule has 1 atom stereocenters. The van der Waals surface area contributed by atoms with Gasteiger partial charge in [-0.1, -0.05) is 6.08 Å². The van der Waals surface area contributed by atoms with Gasteiger partial charge in [-0.2, -0.15) is 0 Å². The highest BCUT2D eigenvalue weighted by atomic mass is 19.3. The lowest BCUT2D eigenvalue weighted by molar-refractivity contribution is -0.131. The van der Waals surface area contributed by atoms with Crippen molar-refractivity contribution in [3.63, 3.8) is 0 Å². The third-order valence-electron chi connectivity index (χ3n) is 2.59. The second kappa shape index (κ2) is 4.26. The van der Waals surface area contributed by atoms with Crippen molar-refractivity contribution < 1.29 is 18.7 Å². The fourth-order valence-electron chi connectivity index (χ4n) is 1.63. The molecule has 1 heterocycles. The van der Waals surface area contributed by atoms with Crippen LogP contribution in [0.3, 0.4) is 0 Å². The Morgan fingerprint density at radius 3 is 2.60 bits per heavy atom. The number of carboxylic acid groups (broad SMARTS) is 1. The lowest BCUT2D eigenvalue weighted by Gasteiger charge is -2.19. The Labute approximate surface area is 87.4 Å². The van der Waals surface area contributed by atoms with Crippen molar-refractivity contribution in [1.82, 2.24) is 4.90 Å². The molecule has 3 nitrogen and oxygen atoms in total. The van der Waals surface area contributed by atoms with Gasteiger partial charge < -0.3 is 5.11 Å². The molecule has 0 aromatic heterocycles. The van der Waals surface area contributed by atoms with Crippen LogP contribution in [-0.4, -0.2) is 41.0 Å². The second-order valence-electron chi connectivity index (χ2n) is 4.09. The zero-order chi connectivity index (χ0) is 11.6. The van der Waals surface area contributed by atoms with E-state index >= 15 is 0 Å². The van der Waals surface area contributed by atoms with Gasteiger partial charge in [0.15, 0.2) is 0 Å². The summed E-state index contributed by atoms with van der Waals surface area (Å²) in [5.74, 6) is -5.00. The van der Waals surface area contributed by atoms with E-state index in [4.69, 9.17) is 5.11 Å². The highest BCUT2D eigenvalue weighted by Crippen LogP contribution is 2.34. The predicted molar refractivity (Wildman–Crippen MR) is 51.9 cm³/mol. The normalized spacial score (nSPS) is 26.6. The molecule has 0 aromatic carbocycles. The quantitative estimate of drug-likeness (QED) is 0.733. The average molecular weight is 219 g/mol. The molecule has 0 bridgehead atoms. The van der Waals surface area contributed by atoms with Crippen LogP contribution in [0.15, 0.2) is 12.2 Å². The lowest BCUT2D eigenvalue weighted by atomic mass is 10.1. The fraction of sp³-hybridized carbons (Fsp3) is 0.700. The molecular formula is C10H15F2NO2. The number of rotatable bonds is 3. The molecule has 1 fully saturated rings. The van der Waals surface area contributed by atoms with Crippen LogP contribution >= 0.6 is 0 Å². The van der Waals surface area contributed by atoms with E-state index in [0.29, 0.717) is 0 Å². The number of hydrogen-bond acceptors (Lipinski definition) is 2. The zero-order valence-electron chi connectivity index (χ0n) is 8.78. The molecule has 1 aliphatic heterocycles. The van der Waals surface area contributed by atoms with Gasteiger partial charge in [0.1, 0.15) is 0 Å². The van der Waals surface area contributed by atoms with Crippen LogP contribution in [-0.2, 0) is 4.79 Å². The Morgan fingerprint density at radius 2 is 2.20 bits per heavy atom. The summed E-state index contributed by atoms with van der Waals surface area (Å²) < 4.78 is 26.8. The molecule has 0 saturated carbocycles. The van der Waals surface area contributed by atoms with Gasteiger partial charge in [-0.05, 0) is 13.8 Å². The Morgan fingerprint density at radius 1 is 1.60 bits per heavy atom. The number of alkyl halides is 2. The van der Waals surface area contributed by atoms with Crippen molar-refractivity contribution in [2.45, 2.75) is 25.8 Å². The van der Waals surface area contributed by atoms with Crippen molar-refractivity contribution in [2.24, 2.45) is 5.92 Å². The van der Waals surface area contributed by atoms with E-state index in [0.717, 1.165) is 12.2 Å². The molecule has 0 spiro atoms. The number of carbonyl (C=O) groups is 1. The van der Waals surface area contributed by atoms with E-state index in [2.05, 4.69) is 0 Å². The van der Waals surface area contributed by atoms with E-state index in [9.17, 15) is 13.6 Å². The minimum absolute atomic E-state index is 0.0547. The molecular weight excluding hydrogens is 204 g/mol. The standard InChI is InChI=1S/C10H15F2NO2/c1-7(2)13-5-8(3-4-9(14)15)10(11,12)6-13/h3-4,7-8H,5-6H2,1-2H3,(H,14,15)/b4-3+. The van der Waals surface area contributed by atoms with Crippen molar-refractivity contribution in [2.75, 3.05) is 13.1 Å². The second-order valence-corrected chi connectivity index (χ2v) is 4.09. The topological polar surface area (TPSA) is 40.5 Å². The molecule has 1 rings (SSSR count). The summed E-state index contributed by atoms with van der Waals surface area (Å²) in [5, 5.41) is 8.37. The molecule has 1 N–H and O–H groups in total. The summed E-state index contributed by atoms with van der Waals surface area (Å²) >= 11 is 0. The van der Waals surface area contributed by atoms with Crippen LogP contribution in [0.5, 0.6) is 0 Å². The molecule has 5 heteroatoms. The van der Waals surface area contributed by atoms with Gasteiger partial charge in [-0.25, -0.2) is 13.6 Å². The summed E-state index contributed by atoms with van der Waals surface area (Å²) in [5.41, 5.74) is 0. The van der Waals surface area contributed by atoms with E-state index in [1.165, 1.54) is 0 Å². The molecule has 0 amide bonds. The highest BCUT2D eigenvalue weighted by Gasteiger charge is 2.47. The lowest BCUT2D eigenvalue weighted by Crippen LogP contribution is -2.31. The van der Waals surface area contributed by atoms with Gasteiger partial charge in [-0.3, -0.25) is 4.90 Å². The van der Waals surface area contributed by atoms with Gasteiger partial charge in [0.2, 0.25) is 0 Å². The maximum Gasteiger partial charge on any atom is 0.327 e. The number of aliphatic carboxylic acids is 1. The molecule has 0 aliphatic carbocycles. The van der Waals surface area contributed by atoms with E-state index in [-0.39, 0.29) is 19.1 Å². The minimum atomic E-state index is -2.82. The van der Waals surface area contributed by atoms with Gasteiger partial charge in [-0.15, -0.1) is 0 Å². The summed E-state index contributed by atoms with van der Waals surface area (Å²) in [7, 11) is 0. The monoisotopic (exact) mass is 219 g/mol. The first kappa shape index (κ1) is 12.1. The van der Waals surface area contributed by atoms with Gasteiger partial charge in [0.05, 0.1) is 12.5 Å². The van der Waals surface area contributed by atoms with Gasteiger partial charge in [0.25, 0.3) is 5.92 Å². The van der Waals surface area contributed by atoms with E-state index < -0.39 is 17.8 Å². The van der Waals surface area contributed by atoms with Gasteiger partial charge >= 0.3 is 5.97 Å². The Kier molecular flexibility index (Phi) is 3.44. The van der Waals surface area contributed by atoms with E-state index in [1.807, 2.05) is 13.8 Å². The number of likely N-dealkylation sites (tertiary alicyclic amines) is 1. The molecule has 86 valence electrons. The van der Waals surface area contributed by atoms with Crippen LogP contribution < -0.4 is 0 Å². The molecule has 0 aromatic rings. The third-order valence-corrected chi connectivity index (χ3v) is 2.59. The Balaban J connectivity index is 2.69. The molecule has 0 radical (unpaired) electrons. The number of carboxylic acids is 1. The number of hydrogen-bond donors (Lipinski definition) is 1. The number of halogens is 2. The van der Waals surface area contributed by atoms with E-state index in [1.54, 1.807) is 4.90 Å². The number of nitrogens with zero attached hydrogens (tertiary/aromatic N) is 1.